The average Bonchev–Trinajstić information content (AvgIpc) is 3.48. The Labute approximate surface area is 319 Å². The zero-order valence-electron chi connectivity index (χ0n) is 34.6. The third kappa shape index (κ3) is 11.0. The van der Waals surface area contributed by atoms with Crippen LogP contribution in [0.1, 0.15) is 99.5 Å². The minimum Gasteiger partial charge on any atom is -0.493 e. The van der Waals surface area contributed by atoms with Gasteiger partial charge in [0, 0.05) is 12.2 Å². The minimum absolute atomic E-state index is 0.102. The van der Waals surface area contributed by atoms with Crippen LogP contribution in [0.2, 0.25) is 36.3 Å². The van der Waals surface area contributed by atoms with E-state index in [4.69, 9.17) is 33.4 Å². The number of alkyl carbamates (subject to hydrolysis) is 1. The molecule has 290 valence electrons. The third-order valence-corrected chi connectivity index (χ3v) is 19.4. The number of nitrogens with one attached hydrogen (secondary N) is 1. The van der Waals surface area contributed by atoms with Crippen LogP contribution in [0.15, 0.2) is 54.7 Å². The summed E-state index contributed by atoms with van der Waals surface area (Å²) in [5.74, 6) is 1.40. The van der Waals surface area contributed by atoms with Crippen molar-refractivity contribution in [3.8, 4) is 22.8 Å². The maximum absolute atomic E-state index is 13.1. The number of hydrogen-bond acceptors (Lipinski definition) is 8. The summed E-state index contributed by atoms with van der Waals surface area (Å²) in [6.07, 6.45) is 2.74. The molecule has 1 N–H and O–H groups in total. The standard InChI is InChI=1S/C41H63N5O5Si2/c1-15-48-36-26-29(25-35-31(36)27-42-46(35)37-23-16-19-30(43-37)28-50-53(13,14)41(8,9)10)32-20-17-21-33(44-32)34(45-38(47)51-39(2,3)4)22-18-24-49-52(11,12)40(5,6)7/h16-17,19-21,23,25-27,34H,15,18,22,24,28H2,1-14H3,(H,45,47)/t34-/m0/s1. The normalized spacial score (nSPS) is 13.6. The van der Waals surface area contributed by atoms with Gasteiger partial charge in [-0.2, -0.15) is 5.10 Å². The molecule has 0 spiro atoms. The van der Waals surface area contributed by atoms with Crippen molar-refractivity contribution >= 4 is 33.6 Å². The summed E-state index contributed by atoms with van der Waals surface area (Å²) in [6, 6.07) is 15.5. The molecule has 1 amide bonds. The van der Waals surface area contributed by atoms with Gasteiger partial charge in [0.1, 0.15) is 11.4 Å². The molecule has 1 atom stereocenters. The van der Waals surface area contributed by atoms with Gasteiger partial charge in [-0.15, -0.1) is 0 Å². The van der Waals surface area contributed by atoms with Gasteiger partial charge in [0.05, 0.1) is 53.4 Å². The number of carbonyl (C=O) groups excluding carboxylic acids is 1. The Hall–Kier alpha value is -3.59. The smallest absolute Gasteiger partial charge is 0.408 e. The molecule has 0 fully saturated rings. The molecule has 53 heavy (non-hydrogen) atoms. The molecule has 4 aromatic rings. The molecule has 0 aliphatic carbocycles. The average molecular weight is 762 g/mol. The molecular formula is C41H63N5O5Si2. The van der Waals surface area contributed by atoms with Gasteiger partial charge in [0.25, 0.3) is 0 Å². The van der Waals surface area contributed by atoms with Crippen LogP contribution in [-0.4, -0.2) is 61.3 Å². The maximum atomic E-state index is 13.1. The van der Waals surface area contributed by atoms with Crippen LogP contribution in [0.4, 0.5) is 4.79 Å². The van der Waals surface area contributed by atoms with E-state index in [9.17, 15) is 4.79 Å². The number of hydrogen-bond donors (Lipinski definition) is 1. The van der Waals surface area contributed by atoms with Crippen LogP contribution in [-0.2, 0) is 20.2 Å². The highest BCUT2D eigenvalue weighted by molar-refractivity contribution is 6.74. The lowest BCUT2D eigenvalue weighted by Crippen LogP contribution is -2.41. The van der Waals surface area contributed by atoms with Gasteiger partial charge in [0.2, 0.25) is 0 Å². The van der Waals surface area contributed by atoms with Crippen LogP contribution in [0.3, 0.4) is 0 Å². The molecule has 12 heteroatoms. The molecule has 0 aliphatic rings. The molecule has 0 aliphatic heterocycles. The first kappa shape index (κ1) is 42.2. The number of pyridine rings is 2. The van der Waals surface area contributed by atoms with Gasteiger partial charge in [-0.25, -0.2) is 14.5 Å². The Kier molecular flexibility index (Phi) is 13.1. The van der Waals surface area contributed by atoms with E-state index >= 15 is 0 Å². The SMILES string of the molecule is CCOc1cc(-c2cccc([C@H](CCCO[Si](C)(C)C(C)(C)C)NC(=O)OC(C)(C)C)n2)cc2c1cnn2-c1cccc(CO[Si](C)(C)C(C)(C)C)n1. The first-order valence-corrected chi connectivity index (χ1v) is 24.7. The van der Waals surface area contributed by atoms with Crippen molar-refractivity contribution in [1.29, 1.82) is 0 Å². The van der Waals surface area contributed by atoms with Gasteiger partial charge in [-0.1, -0.05) is 53.7 Å². The second-order valence-electron chi connectivity index (χ2n) is 17.8. The lowest BCUT2D eigenvalue weighted by atomic mass is 10.0. The van der Waals surface area contributed by atoms with E-state index in [1.165, 1.54) is 0 Å². The zero-order valence-corrected chi connectivity index (χ0v) is 36.6. The van der Waals surface area contributed by atoms with Crippen molar-refractivity contribution in [3.05, 3.63) is 66.1 Å². The molecule has 0 unspecified atom stereocenters. The number of aromatic nitrogens is 4. The van der Waals surface area contributed by atoms with Crippen LogP contribution in [0.5, 0.6) is 5.75 Å². The summed E-state index contributed by atoms with van der Waals surface area (Å²) >= 11 is 0. The van der Waals surface area contributed by atoms with E-state index in [0.29, 0.717) is 37.8 Å². The van der Waals surface area contributed by atoms with E-state index in [-0.39, 0.29) is 16.1 Å². The summed E-state index contributed by atoms with van der Waals surface area (Å²) in [4.78, 5) is 23.1. The van der Waals surface area contributed by atoms with E-state index in [2.05, 4.69) is 79.1 Å². The Morgan fingerprint density at radius 2 is 1.53 bits per heavy atom. The highest BCUT2D eigenvalue weighted by Gasteiger charge is 2.38. The molecule has 4 rings (SSSR count). The highest BCUT2D eigenvalue weighted by Crippen LogP contribution is 2.38. The lowest BCUT2D eigenvalue weighted by Gasteiger charge is -2.36. The zero-order chi connectivity index (χ0) is 39.4. The van der Waals surface area contributed by atoms with E-state index in [1.807, 2.05) is 81.0 Å². The van der Waals surface area contributed by atoms with Crippen LogP contribution in [0.25, 0.3) is 28.0 Å². The Morgan fingerprint density at radius 3 is 2.17 bits per heavy atom. The van der Waals surface area contributed by atoms with E-state index in [1.54, 1.807) is 0 Å². The van der Waals surface area contributed by atoms with Gasteiger partial charge in [-0.05, 0) is 113 Å². The first-order chi connectivity index (χ1) is 24.5. The number of carbonyl (C=O) groups is 1. The van der Waals surface area contributed by atoms with Crippen molar-refractivity contribution in [3.63, 3.8) is 0 Å². The molecule has 10 nitrogen and oxygen atoms in total. The number of benzene rings is 1. The fourth-order valence-electron chi connectivity index (χ4n) is 5.22. The number of nitrogens with zero attached hydrogens (tertiary/aromatic N) is 4. The maximum Gasteiger partial charge on any atom is 0.408 e. The van der Waals surface area contributed by atoms with Crippen molar-refractivity contribution in [2.24, 2.45) is 0 Å². The molecule has 0 saturated carbocycles. The first-order valence-electron chi connectivity index (χ1n) is 18.9. The summed E-state index contributed by atoms with van der Waals surface area (Å²) < 4.78 is 26.6. The summed E-state index contributed by atoms with van der Waals surface area (Å²) in [6.45, 7) is 31.5. The summed E-state index contributed by atoms with van der Waals surface area (Å²) in [5.41, 5.74) is 3.41. The minimum atomic E-state index is -1.95. The second-order valence-corrected chi connectivity index (χ2v) is 27.4. The lowest BCUT2D eigenvalue weighted by molar-refractivity contribution is 0.0497. The van der Waals surface area contributed by atoms with Crippen molar-refractivity contribution in [2.75, 3.05) is 13.2 Å². The molecule has 3 aromatic heterocycles. The summed E-state index contributed by atoms with van der Waals surface area (Å²) in [7, 11) is -3.86. The molecule has 1 aromatic carbocycles. The van der Waals surface area contributed by atoms with Crippen LogP contribution < -0.4 is 10.1 Å². The molecule has 0 radical (unpaired) electrons. The third-order valence-electron chi connectivity index (χ3n) is 10.4. The number of ether oxygens (including phenoxy) is 2. The number of amides is 1. The largest absolute Gasteiger partial charge is 0.493 e. The van der Waals surface area contributed by atoms with Gasteiger partial charge >= 0.3 is 6.09 Å². The predicted octanol–water partition coefficient (Wildman–Crippen LogP) is 10.8. The Bertz CT molecular complexity index is 1850. The van der Waals surface area contributed by atoms with Crippen LogP contribution >= 0.6 is 0 Å². The molecule has 0 bridgehead atoms. The fraction of sp³-hybridized carbons (Fsp3) is 0.561. The van der Waals surface area contributed by atoms with Gasteiger partial charge in [-0.3, -0.25) is 4.98 Å². The van der Waals surface area contributed by atoms with Gasteiger partial charge in [0.15, 0.2) is 22.5 Å². The van der Waals surface area contributed by atoms with Crippen molar-refractivity contribution < 1.29 is 23.1 Å². The summed E-state index contributed by atoms with van der Waals surface area (Å²) in [5, 5.41) is 8.96. The van der Waals surface area contributed by atoms with Crippen LogP contribution in [0, 0.1) is 0 Å². The fourth-order valence-corrected chi connectivity index (χ4v) is 7.25. The Balaban J connectivity index is 1.68. The molecule has 0 saturated heterocycles. The van der Waals surface area contributed by atoms with Crippen molar-refractivity contribution in [2.45, 2.75) is 137 Å². The Morgan fingerprint density at radius 1 is 0.868 bits per heavy atom. The van der Waals surface area contributed by atoms with Gasteiger partial charge < -0.3 is 23.6 Å². The van der Waals surface area contributed by atoms with E-state index in [0.717, 1.165) is 40.0 Å². The quantitative estimate of drug-likeness (QED) is 0.0999. The molecular weight excluding hydrogens is 699 g/mol. The number of fused-ring (bicyclic) bond motifs is 1. The van der Waals surface area contributed by atoms with Crippen molar-refractivity contribution in [1.82, 2.24) is 25.1 Å². The van der Waals surface area contributed by atoms with E-state index < -0.39 is 28.3 Å². The topological polar surface area (TPSA) is 110 Å². The second kappa shape index (κ2) is 16.4. The predicted molar refractivity (Wildman–Crippen MR) is 220 cm³/mol. The number of rotatable bonds is 14. The highest BCUT2D eigenvalue weighted by atomic mass is 28.4. The monoisotopic (exact) mass is 761 g/mol. The molecule has 3 heterocycles.